The van der Waals surface area contributed by atoms with Crippen LogP contribution < -0.4 is 15.5 Å². The second kappa shape index (κ2) is 9.48. The van der Waals surface area contributed by atoms with Gasteiger partial charge in [0.2, 0.25) is 5.43 Å². The molecule has 3 aliphatic heterocycles. The number of carbonyl (C=O) groups is 2. The summed E-state index contributed by atoms with van der Waals surface area (Å²) in [6, 6.07) is 15.5. The molecule has 2 amide bonds. The molecule has 2 aromatic carbocycles. The summed E-state index contributed by atoms with van der Waals surface area (Å²) in [6.45, 7) is 2.24. The highest BCUT2D eigenvalue weighted by Gasteiger charge is 2.48. The number of amides is 2. The zero-order valence-electron chi connectivity index (χ0n) is 20.2. The van der Waals surface area contributed by atoms with Gasteiger partial charge in [0.1, 0.15) is 24.2 Å². The van der Waals surface area contributed by atoms with Gasteiger partial charge in [0, 0.05) is 31.9 Å². The Balaban J connectivity index is 1.35. The van der Waals surface area contributed by atoms with Gasteiger partial charge in [-0.15, -0.1) is 0 Å². The summed E-state index contributed by atoms with van der Waals surface area (Å²) >= 11 is 0. The molecule has 9 heteroatoms. The molecule has 0 bridgehead atoms. The van der Waals surface area contributed by atoms with E-state index in [1.54, 1.807) is 16.7 Å². The Morgan fingerprint density at radius 1 is 1.03 bits per heavy atom. The van der Waals surface area contributed by atoms with Crippen molar-refractivity contribution in [3.05, 3.63) is 99.2 Å². The first-order valence-corrected chi connectivity index (χ1v) is 12.5. The van der Waals surface area contributed by atoms with Gasteiger partial charge in [-0.05, 0) is 36.1 Å². The molecule has 2 fully saturated rings. The summed E-state index contributed by atoms with van der Waals surface area (Å²) in [6.07, 6.45) is 3.52. The maximum Gasteiger partial charge on any atom is 0.275 e. The van der Waals surface area contributed by atoms with Gasteiger partial charge in [0.25, 0.3) is 11.8 Å². The van der Waals surface area contributed by atoms with Gasteiger partial charge >= 0.3 is 0 Å². The lowest BCUT2D eigenvalue weighted by Gasteiger charge is -2.36. The lowest BCUT2D eigenvalue weighted by atomic mass is 10.1. The maximum atomic E-state index is 13.7. The Morgan fingerprint density at radius 3 is 2.59 bits per heavy atom. The molecule has 6 rings (SSSR count). The Morgan fingerprint density at radius 2 is 1.81 bits per heavy atom. The molecule has 3 aromatic rings. The minimum absolute atomic E-state index is 0.0915. The van der Waals surface area contributed by atoms with Crippen LogP contribution >= 0.6 is 0 Å². The molecule has 1 aromatic heterocycles. The van der Waals surface area contributed by atoms with E-state index in [1.807, 2.05) is 35.2 Å². The normalized spacial score (nSPS) is 20.4. The predicted octanol–water partition coefficient (Wildman–Crippen LogP) is 2.76. The van der Waals surface area contributed by atoms with Crippen LogP contribution in [-0.2, 0) is 19.7 Å². The van der Waals surface area contributed by atoms with Gasteiger partial charge in [-0.3, -0.25) is 19.3 Å². The fraction of sp³-hybridized carbons (Fsp3) is 0.321. The SMILES string of the molecule is O=C(NCc1ccc(F)cc1)c1cn2c(c(OCc3ccccc3)c1=O)C(=O)N1CC3CCCN3C1C2. The van der Waals surface area contributed by atoms with E-state index in [4.69, 9.17) is 4.74 Å². The number of nitrogens with one attached hydrogen (secondary N) is 1. The van der Waals surface area contributed by atoms with E-state index in [0.717, 1.165) is 24.9 Å². The fourth-order valence-corrected chi connectivity index (χ4v) is 5.62. The third-order valence-corrected chi connectivity index (χ3v) is 7.47. The topological polar surface area (TPSA) is 83.9 Å². The van der Waals surface area contributed by atoms with Gasteiger partial charge in [0.05, 0.1) is 6.54 Å². The Hall–Kier alpha value is -3.98. The first-order valence-electron chi connectivity index (χ1n) is 12.5. The van der Waals surface area contributed by atoms with Crippen molar-refractivity contribution in [1.29, 1.82) is 0 Å². The molecule has 1 N–H and O–H groups in total. The third kappa shape index (κ3) is 4.29. The standard InChI is InChI=1S/C28H27FN4O4/c29-20-10-8-18(9-11-20)13-30-27(35)22-15-31-16-23-32-12-4-7-21(32)14-33(23)28(36)24(31)26(25(22)34)37-17-19-5-2-1-3-6-19/h1-3,5-6,8-11,15,21,23H,4,7,12-14,16-17H2,(H,30,35). The number of aromatic nitrogens is 1. The van der Waals surface area contributed by atoms with Crippen LogP contribution in [0.15, 0.2) is 65.6 Å². The maximum absolute atomic E-state index is 13.7. The van der Waals surface area contributed by atoms with Crippen molar-refractivity contribution in [3.8, 4) is 5.75 Å². The summed E-state index contributed by atoms with van der Waals surface area (Å²) < 4.78 is 20.9. The number of pyridine rings is 1. The quantitative estimate of drug-likeness (QED) is 0.561. The number of hydrogen-bond acceptors (Lipinski definition) is 5. The molecule has 37 heavy (non-hydrogen) atoms. The van der Waals surface area contributed by atoms with Crippen LogP contribution in [-0.4, -0.2) is 51.5 Å². The van der Waals surface area contributed by atoms with Crippen LogP contribution in [0.4, 0.5) is 4.39 Å². The lowest BCUT2D eigenvalue weighted by Crippen LogP contribution is -2.50. The molecule has 2 saturated heterocycles. The van der Waals surface area contributed by atoms with Crippen LogP contribution in [0.25, 0.3) is 0 Å². The van der Waals surface area contributed by atoms with Crippen molar-refractivity contribution in [3.63, 3.8) is 0 Å². The van der Waals surface area contributed by atoms with Crippen LogP contribution in [0, 0.1) is 5.82 Å². The van der Waals surface area contributed by atoms with Crippen molar-refractivity contribution in [1.82, 2.24) is 19.7 Å². The van der Waals surface area contributed by atoms with E-state index in [-0.39, 0.29) is 48.0 Å². The number of nitrogens with zero attached hydrogens (tertiary/aromatic N) is 3. The minimum atomic E-state index is -0.620. The number of hydrogen-bond donors (Lipinski definition) is 1. The highest BCUT2D eigenvalue weighted by molar-refractivity contribution is 5.99. The van der Waals surface area contributed by atoms with Gasteiger partial charge in [-0.1, -0.05) is 42.5 Å². The molecule has 190 valence electrons. The van der Waals surface area contributed by atoms with Gasteiger partial charge in [-0.2, -0.15) is 0 Å². The molecule has 2 unspecified atom stereocenters. The van der Waals surface area contributed by atoms with Crippen molar-refractivity contribution in [2.45, 2.75) is 44.7 Å². The summed E-state index contributed by atoms with van der Waals surface area (Å²) in [5.74, 6) is -1.29. The minimum Gasteiger partial charge on any atom is -0.483 e. The van der Waals surface area contributed by atoms with E-state index < -0.39 is 11.3 Å². The Labute approximate surface area is 213 Å². The highest BCUT2D eigenvalue weighted by Crippen LogP contribution is 2.35. The monoisotopic (exact) mass is 502 g/mol. The van der Waals surface area contributed by atoms with Gasteiger partial charge in [-0.25, -0.2) is 4.39 Å². The molecular weight excluding hydrogens is 475 g/mol. The fourth-order valence-electron chi connectivity index (χ4n) is 5.62. The van der Waals surface area contributed by atoms with E-state index in [0.29, 0.717) is 24.7 Å². The largest absolute Gasteiger partial charge is 0.483 e. The number of halogens is 1. The molecule has 8 nitrogen and oxygen atoms in total. The molecule has 0 saturated carbocycles. The van der Waals surface area contributed by atoms with Crippen LogP contribution in [0.1, 0.15) is 44.8 Å². The van der Waals surface area contributed by atoms with Crippen molar-refractivity contribution in [2.24, 2.45) is 0 Å². The summed E-state index contributed by atoms with van der Waals surface area (Å²) in [5, 5.41) is 2.74. The summed E-state index contributed by atoms with van der Waals surface area (Å²) in [5.41, 5.74) is 1.02. The van der Waals surface area contributed by atoms with Gasteiger partial charge in [0.15, 0.2) is 11.4 Å². The molecular formula is C28H27FN4O4. The van der Waals surface area contributed by atoms with E-state index in [9.17, 15) is 18.8 Å². The number of carbonyl (C=O) groups excluding carboxylic acids is 2. The smallest absolute Gasteiger partial charge is 0.275 e. The molecule has 0 spiro atoms. The first kappa shape index (κ1) is 23.4. The molecule has 3 aliphatic rings. The first-order chi connectivity index (χ1) is 18.0. The zero-order valence-corrected chi connectivity index (χ0v) is 20.2. The number of fused-ring (bicyclic) bond motifs is 4. The highest BCUT2D eigenvalue weighted by atomic mass is 19.1. The summed E-state index contributed by atoms with van der Waals surface area (Å²) in [7, 11) is 0. The zero-order chi connectivity index (χ0) is 25.5. The Kier molecular flexibility index (Phi) is 6.00. The second-order valence-corrected chi connectivity index (χ2v) is 9.76. The van der Waals surface area contributed by atoms with E-state index in [2.05, 4.69) is 10.2 Å². The van der Waals surface area contributed by atoms with Crippen molar-refractivity contribution >= 4 is 11.8 Å². The number of rotatable bonds is 6. The van der Waals surface area contributed by atoms with Crippen LogP contribution in [0.2, 0.25) is 0 Å². The van der Waals surface area contributed by atoms with Crippen LogP contribution in [0.3, 0.4) is 0 Å². The molecule has 0 aliphatic carbocycles. The van der Waals surface area contributed by atoms with Crippen molar-refractivity contribution < 1.29 is 18.7 Å². The summed E-state index contributed by atoms with van der Waals surface area (Å²) in [4.78, 5) is 44.6. The molecule has 2 atom stereocenters. The predicted molar refractivity (Wildman–Crippen MR) is 134 cm³/mol. The Bertz CT molecular complexity index is 1410. The van der Waals surface area contributed by atoms with Crippen LogP contribution in [0.5, 0.6) is 5.75 Å². The molecule has 4 heterocycles. The number of benzene rings is 2. The third-order valence-electron chi connectivity index (χ3n) is 7.47. The average Bonchev–Trinajstić information content (AvgIpc) is 3.51. The van der Waals surface area contributed by atoms with E-state index >= 15 is 0 Å². The average molecular weight is 503 g/mol. The molecule has 0 radical (unpaired) electrons. The number of ether oxygens (including phenoxy) is 1. The lowest BCUT2D eigenvalue weighted by molar-refractivity contribution is 0.0510. The second-order valence-electron chi connectivity index (χ2n) is 9.76. The van der Waals surface area contributed by atoms with Gasteiger partial charge < -0.3 is 19.5 Å². The van der Waals surface area contributed by atoms with Crippen molar-refractivity contribution in [2.75, 3.05) is 13.1 Å². The van der Waals surface area contributed by atoms with E-state index in [1.165, 1.54) is 18.3 Å².